The molecular formula is C27H26FNO6. The van der Waals surface area contributed by atoms with Gasteiger partial charge in [0.25, 0.3) is 0 Å². The summed E-state index contributed by atoms with van der Waals surface area (Å²) in [6, 6.07) is 12.5. The molecule has 8 heteroatoms. The lowest BCUT2D eigenvalue weighted by molar-refractivity contribution is -0.111. The summed E-state index contributed by atoms with van der Waals surface area (Å²) in [5.74, 6) is 0.650. The number of rotatable bonds is 9. The number of hydrogen-bond donors (Lipinski definition) is 2. The highest BCUT2D eigenvalue weighted by atomic mass is 19.1. The van der Waals surface area contributed by atoms with Gasteiger partial charge >= 0.3 is 0 Å². The highest BCUT2D eigenvalue weighted by Crippen LogP contribution is 2.39. The van der Waals surface area contributed by atoms with E-state index in [9.17, 15) is 14.3 Å². The second kappa shape index (κ2) is 11.6. The molecule has 0 unspecified atom stereocenters. The first kappa shape index (κ1) is 25.2. The Labute approximate surface area is 203 Å². The number of amides is 1. The Morgan fingerprint density at radius 2 is 1.31 bits per heavy atom. The second-order valence-electron chi connectivity index (χ2n) is 7.29. The molecule has 0 heterocycles. The van der Waals surface area contributed by atoms with E-state index in [0.717, 1.165) is 5.56 Å². The number of halogens is 1. The fourth-order valence-corrected chi connectivity index (χ4v) is 3.29. The fraction of sp³-hybridized carbons (Fsp3) is 0.148. The van der Waals surface area contributed by atoms with E-state index in [1.807, 2.05) is 6.08 Å². The zero-order valence-electron chi connectivity index (χ0n) is 19.8. The van der Waals surface area contributed by atoms with Crippen LogP contribution in [0.15, 0.2) is 54.6 Å². The first-order chi connectivity index (χ1) is 16.9. The largest absolute Gasteiger partial charge is 0.503 e. The number of phenolic OH excluding ortho intramolecular Hbond substituents is 1. The lowest BCUT2D eigenvalue weighted by Gasteiger charge is -2.13. The predicted octanol–water partition coefficient (Wildman–Crippen LogP) is 5.39. The van der Waals surface area contributed by atoms with Crippen molar-refractivity contribution in [3.63, 3.8) is 0 Å². The molecule has 3 aromatic carbocycles. The number of aromatic hydroxyl groups is 1. The van der Waals surface area contributed by atoms with Crippen LogP contribution in [0, 0.1) is 5.82 Å². The number of phenols is 1. The van der Waals surface area contributed by atoms with Crippen molar-refractivity contribution in [2.45, 2.75) is 0 Å². The summed E-state index contributed by atoms with van der Waals surface area (Å²) < 4.78 is 34.4. The van der Waals surface area contributed by atoms with Crippen LogP contribution in [0.25, 0.3) is 18.2 Å². The van der Waals surface area contributed by atoms with Gasteiger partial charge in [-0.15, -0.1) is 0 Å². The highest BCUT2D eigenvalue weighted by molar-refractivity contribution is 6.03. The van der Waals surface area contributed by atoms with Gasteiger partial charge in [-0.05, 0) is 59.2 Å². The van der Waals surface area contributed by atoms with Crippen LogP contribution < -0.4 is 24.3 Å². The Morgan fingerprint density at radius 1 is 0.771 bits per heavy atom. The molecule has 7 nitrogen and oxygen atoms in total. The minimum absolute atomic E-state index is 0.169. The number of anilines is 1. The van der Waals surface area contributed by atoms with Crippen LogP contribution in [0.5, 0.6) is 28.7 Å². The van der Waals surface area contributed by atoms with Crippen molar-refractivity contribution in [1.29, 1.82) is 0 Å². The Balaban J connectivity index is 1.86. The summed E-state index contributed by atoms with van der Waals surface area (Å²) in [7, 11) is 6.02. The van der Waals surface area contributed by atoms with Crippen molar-refractivity contribution in [2.24, 2.45) is 0 Å². The van der Waals surface area contributed by atoms with Gasteiger partial charge in [-0.2, -0.15) is 0 Å². The minimum atomic E-state index is -0.475. The standard InChI is InChI=1S/C27H26FNO6/c1-32-22-14-18(5-6-19-15-23(33-2)27(35-4)24(16-19)34-3)13-21(26(22)31)29-25(30)12-9-17-7-10-20(28)11-8-17/h5-16,31H,1-4H3,(H,29,30)/b6-5+,12-9+. The number of hydrogen-bond acceptors (Lipinski definition) is 6. The van der Waals surface area contributed by atoms with Crippen molar-refractivity contribution in [1.82, 2.24) is 0 Å². The Kier molecular flexibility index (Phi) is 8.34. The molecule has 1 amide bonds. The number of nitrogens with one attached hydrogen (secondary N) is 1. The third-order valence-electron chi connectivity index (χ3n) is 5.03. The number of benzene rings is 3. The molecule has 0 aromatic heterocycles. The van der Waals surface area contributed by atoms with Gasteiger partial charge in [0.15, 0.2) is 23.0 Å². The van der Waals surface area contributed by atoms with E-state index < -0.39 is 5.91 Å². The molecule has 35 heavy (non-hydrogen) atoms. The van der Waals surface area contributed by atoms with Crippen LogP contribution in [-0.2, 0) is 4.79 Å². The van der Waals surface area contributed by atoms with Crippen molar-refractivity contribution in [2.75, 3.05) is 33.8 Å². The van der Waals surface area contributed by atoms with Gasteiger partial charge in [0, 0.05) is 6.08 Å². The van der Waals surface area contributed by atoms with Gasteiger partial charge in [0.2, 0.25) is 11.7 Å². The Bertz CT molecular complexity index is 1230. The zero-order chi connectivity index (χ0) is 25.4. The van der Waals surface area contributed by atoms with Crippen molar-refractivity contribution < 1.29 is 33.2 Å². The van der Waals surface area contributed by atoms with Crippen LogP contribution in [0.2, 0.25) is 0 Å². The molecule has 0 aliphatic heterocycles. The SMILES string of the molecule is COc1cc(/C=C/c2cc(OC)c(OC)c(OC)c2)cc(NC(=O)/C=C/c2ccc(F)cc2)c1O. The van der Waals surface area contributed by atoms with E-state index in [0.29, 0.717) is 28.4 Å². The molecule has 0 bridgehead atoms. The smallest absolute Gasteiger partial charge is 0.248 e. The van der Waals surface area contributed by atoms with E-state index in [2.05, 4.69) is 5.32 Å². The fourth-order valence-electron chi connectivity index (χ4n) is 3.29. The van der Waals surface area contributed by atoms with E-state index >= 15 is 0 Å². The summed E-state index contributed by atoms with van der Waals surface area (Å²) in [6.07, 6.45) is 6.43. The first-order valence-electron chi connectivity index (χ1n) is 10.5. The minimum Gasteiger partial charge on any atom is -0.503 e. The molecule has 0 atom stereocenters. The Hall–Kier alpha value is -4.46. The topological polar surface area (TPSA) is 86.3 Å². The highest BCUT2D eigenvalue weighted by Gasteiger charge is 2.13. The van der Waals surface area contributed by atoms with E-state index in [-0.39, 0.29) is 23.0 Å². The van der Waals surface area contributed by atoms with Crippen molar-refractivity contribution >= 4 is 29.8 Å². The van der Waals surface area contributed by atoms with Crippen LogP contribution in [0.1, 0.15) is 16.7 Å². The summed E-state index contributed by atoms with van der Waals surface area (Å²) in [6.45, 7) is 0. The molecule has 182 valence electrons. The van der Waals surface area contributed by atoms with Gasteiger partial charge < -0.3 is 29.4 Å². The lowest BCUT2D eigenvalue weighted by atomic mass is 10.1. The summed E-state index contributed by atoms with van der Waals surface area (Å²) in [5.41, 5.74) is 2.26. The summed E-state index contributed by atoms with van der Waals surface area (Å²) in [5, 5.41) is 13.1. The first-order valence-corrected chi connectivity index (χ1v) is 10.5. The molecule has 0 fully saturated rings. The van der Waals surface area contributed by atoms with Gasteiger partial charge in [0.1, 0.15) is 5.82 Å². The maximum Gasteiger partial charge on any atom is 0.248 e. The molecule has 0 spiro atoms. The van der Waals surface area contributed by atoms with Gasteiger partial charge in [-0.1, -0.05) is 24.3 Å². The number of methoxy groups -OCH3 is 4. The molecular weight excluding hydrogens is 453 g/mol. The van der Waals surface area contributed by atoms with Crippen molar-refractivity contribution in [3.8, 4) is 28.7 Å². The average Bonchev–Trinajstić information content (AvgIpc) is 2.87. The summed E-state index contributed by atoms with van der Waals surface area (Å²) >= 11 is 0. The predicted molar refractivity (Wildman–Crippen MR) is 134 cm³/mol. The maximum absolute atomic E-state index is 13.0. The van der Waals surface area contributed by atoms with Crippen molar-refractivity contribution in [3.05, 3.63) is 77.1 Å². The second-order valence-corrected chi connectivity index (χ2v) is 7.29. The molecule has 3 aromatic rings. The third-order valence-corrected chi connectivity index (χ3v) is 5.03. The zero-order valence-corrected chi connectivity index (χ0v) is 19.8. The summed E-state index contributed by atoms with van der Waals surface area (Å²) in [4.78, 5) is 12.4. The normalized spacial score (nSPS) is 11.0. The average molecular weight is 480 g/mol. The lowest BCUT2D eigenvalue weighted by Crippen LogP contribution is -2.08. The Morgan fingerprint density at radius 3 is 1.86 bits per heavy atom. The number of ether oxygens (including phenoxy) is 4. The molecule has 0 saturated carbocycles. The van der Waals surface area contributed by atoms with Gasteiger partial charge in [-0.3, -0.25) is 4.79 Å². The number of carbonyl (C=O) groups is 1. The molecule has 2 N–H and O–H groups in total. The maximum atomic E-state index is 13.0. The van der Waals surface area contributed by atoms with Crippen LogP contribution >= 0.6 is 0 Å². The third kappa shape index (κ3) is 6.32. The van der Waals surface area contributed by atoms with E-state index in [1.165, 1.54) is 52.7 Å². The number of carbonyl (C=O) groups excluding carboxylic acids is 1. The molecule has 0 saturated heterocycles. The van der Waals surface area contributed by atoms with Gasteiger partial charge in [0.05, 0.1) is 34.1 Å². The van der Waals surface area contributed by atoms with Crippen LogP contribution in [-0.4, -0.2) is 39.5 Å². The molecule has 0 aliphatic rings. The van der Waals surface area contributed by atoms with E-state index in [1.54, 1.807) is 42.5 Å². The molecule has 0 radical (unpaired) electrons. The van der Waals surface area contributed by atoms with Crippen LogP contribution in [0.4, 0.5) is 10.1 Å². The molecule has 0 aliphatic carbocycles. The monoisotopic (exact) mass is 479 g/mol. The quantitative estimate of drug-likeness (QED) is 0.243. The molecule has 3 rings (SSSR count). The van der Waals surface area contributed by atoms with E-state index in [4.69, 9.17) is 18.9 Å². The van der Waals surface area contributed by atoms with Gasteiger partial charge in [-0.25, -0.2) is 4.39 Å². The van der Waals surface area contributed by atoms with Crippen LogP contribution in [0.3, 0.4) is 0 Å².